The molecule has 1 unspecified atom stereocenters. The largest absolute Gasteiger partial charge is 0.394 e. The van der Waals surface area contributed by atoms with Crippen molar-refractivity contribution in [3.63, 3.8) is 0 Å². The quantitative estimate of drug-likeness (QED) is 0.724. The van der Waals surface area contributed by atoms with E-state index < -0.39 is 6.04 Å². The van der Waals surface area contributed by atoms with Crippen LogP contribution in [-0.4, -0.2) is 27.4 Å². The zero-order valence-electron chi connectivity index (χ0n) is 13.3. The Morgan fingerprint density at radius 3 is 2.79 bits per heavy atom. The van der Waals surface area contributed by atoms with E-state index in [1.807, 2.05) is 54.2 Å². The van der Waals surface area contributed by atoms with Gasteiger partial charge in [0.15, 0.2) is 0 Å². The highest BCUT2D eigenvalue weighted by molar-refractivity contribution is 7.07. The fraction of sp³-hybridized carbons (Fsp3) is 0.222. The number of nitrogens with zero attached hydrogens (tertiary/aromatic N) is 2. The van der Waals surface area contributed by atoms with Crippen LogP contribution in [0.25, 0.3) is 0 Å². The number of carbonyl (C=O) groups excluding carboxylic acids is 1. The fourth-order valence-electron chi connectivity index (χ4n) is 2.60. The smallest absolute Gasteiger partial charge is 0.255 e. The molecule has 0 aliphatic carbocycles. The molecule has 0 spiro atoms. The second kappa shape index (κ2) is 7.42. The summed E-state index contributed by atoms with van der Waals surface area (Å²) in [6, 6.07) is 11.5. The average molecular weight is 341 g/mol. The Kier molecular flexibility index (Phi) is 5.08. The molecule has 0 fully saturated rings. The lowest BCUT2D eigenvalue weighted by atomic mass is 10.1. The summed E-state index contributed by atoms with van der Waals surface area (Å²) in [5.74, 6) is -0.223. The summed E-state index contributed by atoms with van der Waals surface area (Å²) < 4.78 is 1.72. The second-order valence-corrected chi connectivity index (χ2v) is 6.34. The van der Waals surface area contributed by atoms with Crippen LogP contribution in [0, 0.1) is 0 Å². The number of hydrogen-bond donors (Lipinski definition) is 2. The van der Waals surface area contributed by atoms with Gasteiger partial charge in [-0.05, 0) is 28.0 Å². The Balaban J connectivity index is 1.80. The number of thiophene rings is 1. The average Bonchev–Trinajstić information content (AvgIpc) is 3.25. The van der Waals surface area contributed by atoms with Crippen LogP contribution >= 0.6 is 11.3 Å². The van der Waals surface area contributed by atoms with Crippen molar-refractivity contribution in [2.75, 3.05) is 6.61 Å². The SMILES string of the molecule is Cn1ncc(C(=O)NC(CO)c2ccsc2)c1Cc1ccccc1. The van der Waals surface area contributed by atoms with Crippen molar-refractivity contribution in [3.8, 4) is 0 Å². The van der Waals surface area contributed by atoms with E-state index in [4.69, 9.17) is 0 Å². The Hall–Kier alpha value is -2.44. The maximum atomic E-state index is 12.7. The summed E-state index contributed by atoms with van der Waals surface area (Å²) in [5.41, 5.74) is 3.41. The van der Waals surface area contributed by atoms with Crippen LogP contribution in [-0.2, 0) is 13.5 Å². The zero-order chi connectivity index (χ0) is 16.9. The van der Waals surface area contributed by atoms with Gasteiger partial charge < -0.3 is 10.4 Å². The molecule has 124 valence electrons. The number of aryl methyl sites for hydroxylation is 1. The van der Waals surface area contributed by atoms with Gasteiger partial charge in [-0.25, -0.2) is 0 Å². The van der Waals surface area contributed by atoms with E-state index in [-0.39, 0.29) is 12.5 Å². The zero-order valence-corrected chi connectivity index (χ0v) is 14.2. The molecule has 1 amide bonds. The molecule has 3 rings (SSSR count). The molecule has 1 atom stereocenters. The van der Waals surface area contributed by atoms with Crippen LogP contribution in [0.4, 0.5) is 0 Å². The summed E-state index contributed by atoms with van der Waals surface area (Å²) in [6.07, 6.45) is 2.21. The molecule has 5 nitrogen and oxygen atoms in total. The number of carbonyl (C=O) groups is 1. The minimum atomic E-state index is -0.409. The van der Waals surface area contributed by atoms with E-state index >= 15 is 0 Å². The van der Waals surface area contributed by atoms with E-state index in [1.54, 1.807) is 10.9 Å². The van der Waals surface area contributed by atoms with E-state index in [2.05, 4.69) is 10.4 Å². The molecule has 0 radical (unpaired) electrons. The first-order valence-electron chi connectivity index (χ1n) is 7.67. The molecule has 0 saturated carbocycles. The van der Waals surface area contributed by atoms with Crippen molar-refractivity contribution in [1.82, 2.24) is 15.1 Å². The third-order valence-corrected chi connectivity index (χ3v) is 4.66. The molecule has 2 N–H and O–H groups in total. The molecule has 24 heavy (non-hydrogen) atoms. The van der Waals surface area contributed by atoms with Gasteiger partial charge in [-0.15, -0.1) is 0 Å². The molecule has 3 aromatic rings. The number of aliphatic hydroxyl groups excluding tert-OH is 1. The van der Waals surface area contributed by atoms with Crippen molar-refractivity contribution in [2.24, 2.45) is 7.05 Å². The van der Waals surface area contributed by atoms with Crippen LogP contribution in [0.2, 0.25) is 0 Å². The lowest BCUT2D eigenvalue weighted by molar-refractivity contribution is 0.0915. The molecule has 0 bridgehead atoms. The molecule has 2 heterocycles. The molecule has 2 aromatic heterocycles. The van der Waals surface area contributed by atoms with Crippen molar-refractivity contribution in [3.05, 3.63) is 75.7 Å². The number of benzene rings is 1. The minimum absolute atomic E-state index is 0.142. The summed E-state index contributed by atoms with van der Waals surface area (Å²) >= 11 is 1.54. The van der Waals surface area contributed by atoms with Crippen molar-refractivity contribution >= 4 is 17.2 Å². The summed E-state index contributed by atoms with van der Waals surface area (Å²) in [4.78, 5) is 12.7. The van der Waals surface area contributed by atoms with Gasteiger partial charge in [-0.3, -0.25) is 9.48 Å². The van der Waals surface area contributed by atoms with Gasteiger partial charge in [0, 0.05) is 13.5 Å². The van der Waals surface area contributed by atoms with Gasteiger partial charge in [0.1, 0.15) is 0 Å². The van der Waals surface area contributed by atoms with Gasteiger partial charge in [0.05, 0.1) is 30.1 Å². The van der Waals surface area contributed by atoms with Gasteiger partial charge in [0.2, 0.25) is 0 Å². The molecule has 1 aromatic carbocycles. The van der Waals surface area contributed by atoms with Gasteiger partial charge in [-0.1, -0.05) is 30.3 Å². The topological polar surface area (TPSA) is 67.2 Å². The summed E-state index contributed by atoms with van der Waals surface area (Å²) in [6.45, 7) is -0.142. The Morgan fingerprint density at radius 1 is 1.33 bits per heavy atom. The summed E-state index contributed by atoms with van der Waals surface area (Å²) in [5, 5.41) is 20.5. The van der Waals surface area contributed by atoms with E-state index in [1.165, 1.54) is 11.3 Å². The highest BCUT2D eigenvalue weighted by atomic mass is 32.1. The minimum Gasteiger partial charge on any atom is -0.394 e. The number of nitrogens with one attached hydrogen (secondary N) is 1. The third-order valence-electron chi connectivity index (χ3n) is 3.95. The number of aromatic nitrogens is 2. The predicted octanol–water partition coefficient (Wildman–Crippen LogP) is 2.54. The molecular formula is C18H19N3O2S. The molecule has 0 aliphatic rings. The summed E-state index contributed by atoms with van der Waals surface area (Å²) in [7, 11) is 1.83. The number of rotatable bonds is 6. The van der Waals surface area contributed by atoms with E-state index in [9.17, 15) is 9.90 Å². The maximum absolute atomic E-state index is 12.7. The third kappa shape index (κ3) is 3.55. The van der Waals surface area contributed by atoms with Crippen molar-refractivity contribution in [1.29, 1.82) is 0 Å². The Bertz CT molecular complexity index is 797. The van der Waals surface area contributed by atoms with Gasteiger partial charge in [-0.2, -0.15) is 16.4 Å². The number of amides is 1. The predicted molar refractivity (Wildman–Crippen MR) is 94.1 cm³/mol. The van der Waals surface area contributed by atoms with Crippen LogP contribution < -0.4 is 5.32 Å². The van der Waals surface area contributed by atoms with Crippen LogP contribution in [0.5, 0.6) is 0 Å². The van der Waals surface area contributed by atoms with Gasteiger partial charge in [0.25, 0.3) is 5.91 Å². The molecule has 0 saturated heterocycles. The molecular weight excluding hydrogens is 322 g/mol. The monoisotopic (exact) mass is 341 g/mol. The maximum Gasteiger partial charge on any atom is 0.255 e. The van der Waals surface area contributed by atoms with Crippen LogP contribution in [0.3, 0.4) is 0 Å². The first-order valence-corrected chi connectivity index (χ1v) is 8.62. The first-order chi connectivity index (χ1) is 11.7. The highest BCUT2D eigenvalue weighted by Gasteiger charge is 2.20. The highest BCUT2D eigenvalue weighted by Crippen LogP contribution is 2.18. The molecule has 0 aliphatic heterocycles. The lowest BCUT2D eigenvalue weighted by Gasteiger charge is -2.15. The van der Waals surface area contributed by atoms with E-state index in [0.29, 0.717) is 12.0 Å². The van der Waals surface area contributed by atoms with E-state index in [0.717, 1.165) is 16.8 Å². The van der Waals surface area contributed by atoms with Gasteiger partial charge >= 0.3 is 0 Å². The fourth-order valence-corrected chi connectivity index (χ4v) is 3.31. The number of hydrogen-bond acceptors (Lipinski definition) is 4. The van der Waals surface area contributed by atoms with Crippen LogP contribution in [0.15, 0.2) is 53.4 Å². The Morgan fingerprint density at radius 2 is 2.12 bits per heavy atom. The van der Waals surface area contributed by atoms with Crippen LogP contribution in [0.1, 0.15) is 33.2 Å². The lowest BCUT2D eigenvalue weighted by Crippen LogP contribution is -2.31. The number of aliphatic hydroxyl groups is 1. The second-order valence-electron chi connectivity index (χ2n) is 5.56. The first kappa shape index (κ1) is 16.4. The van der Waals surface area contributed by atoms with Crippen molar-refractivity contribution in [2.45, 2.75) is 12.5 Å². The van der Waals surface area contributed by atoms with Crippen molar-refractivity contribution < 1.29 is 9.90 Å². The standard InChI is InChI=1S/C18H19N3O2S/c1-21-17(9-13-5-3-2-4-6-13)15(10-19-21)18(23)20-16(11-22)14-7-8-24-12-14/h2-8,10,12,16,22H,9,11H2,1H3,(H,20,23). The Labute approximate surface area is 144 Å². The molecule has 6 heteroatoms. The normalized spacial score (nSPS) is 12.1.